The minimum Gasteiger partial charge on any atom is -0.481 e. The van der Waals surface area contributed by atoms with Gasteiger partial charge >= 0.3 is 11.9 Å². The van der Waals surface area contributed by atoms with Crippen LogP contribution in [-0.2, 0) is 29.6 Å². The molecule has 0 bridgehead atoms. The average molecular weight is 828 g/mol. The normalized spacial score (nSPS) is 24.7. The molecular weight excluding hydrogens is 775 g/mol. The first-order valence-electron chi connectivity index (χ1n) is 19.3. The van der Waals surface area contributed by atoms with Crippen LogP contribution in [0.4, 0.5) is 11.4 Å². The summed E-state index contributed by atoms with van der Waals surface area (Å²) in [6, 6.07) is 10.9. The second-order valence-electron chi connectivity index (χ2n) is 15.6. The fraction of sp³-hybridized carbons (Fsp3) is 0.632. The number of hydrogen-bond donors (Lipinski definition) is 3. The minimum atomic E-state index is -4.01. The van der Waals surface area contributed by atoms with Gasteiger partial charge in [-0.2, -0.15) is 0 Å². The number of para-hydroxylation sites is 1. The van der Waals surface area contributed by atoms with Crippen molar-refractivity contribution in [3.05, 3.63) is 47.5 Å². The van der Waals surface area contributed by atoms with E-state index >= 15 is 0 Å². The average Bonchev–Trinajstić information content (AvgIpc) is 3.84. The third kappa shape index (κ3) is 9.66. The van der Waals surface area contributed by atoms with Crippen LogP contribution in [0, 0.1) is 23.7 Å². The number of carbonyl (C=O) groups is 2. The van der Waals surface area contributed by atoms with E-state index in [1.807, 2.05) is 12.1 Å². The van der Waals surface area contributed by atoms with Gasteiger partial charge in [-0.15, -0.1) is 3.82 Å². The van der Waals surface area contributed by atoms with E-state index in [1.54, 1.807) is 24.3 Å². The molecule has 0 spiro atoms. The fourth-order valence-corrected chi connectivity index (χ4v) is 12.5. The van der Waals surface area contributed by atoms with Crippen molar-refractivity contribution in [1.29, 1.82) is 0 Å². The molecule has 4 unspecified atom stereocenters. The summed E-state index contributed by atoms with van der Waals surface area (Å²) < 4.78 is 56.8. The van der Waals surface area contributed by atoms with Crippen molar-refractivity contribution in [3.63, 3.8) is 0 Å². The Kier molecular flexibility index (Phi) is 13.4. The number of anilines is 2. The van der Waals surface area contributed by atoms with Crippen LogP contribution in [0.2, 0.25) is 5.02 Å². The standard InChI is InChI=1S/C38H52Cl2N4O8S2/c39-33-25-32(53(49,50)41-30-11-9-28(23-30)37(45)46)13-14-34(33)42-19-15-26(16-20-42)5-1-2-6-27-17-21-43(22-18-27)35-7-3-4-8-36(35)54(51,52)44(40)31-12-10-29(24-31)38(47)48/h3-4,7-8,13-14,25-31,41H,1-2,5-6,9-12,15-24H2,(H,45,46)(H,47,48). The Balaban J connectivity index is 0.911. The number of unbranched alkanes of at least 4 members (excludes halogenated alkanes) is 1. The van der Waals surface area contributed by atoms with Crippen molar-refractivity contribution >= 4 is 66.7 Å². The molecule has 6 rings (SSSR count). The summed E-state index contributed by atoms with van der Waals surface area (Å²) in [5, 5.41) is 19.0. The molecule has 2 saturated carbocycles. The van der Waals surface area contributed by atoms with Crippen molar-refractivity contribution in [2.75, 3.05) is 36.0 Å². The molecule has 0 aromatic heterocycles. The molecule has 3 N–H and O–H groups in total. The van der Waals surface area contributed by atoms with Gasteiger partial charge < -0.3 is 20.0 Å². The van der Waals surface area contributed by atoms with Gasteiger partial charge in [-0.05, 0) is 118 Å². The van der Waals surface area contributed by atoms with Crippen LogP contribution in [0.5, 0.6) is 0 Å². The quantitative estimate of drug-likeness (QED) is 0.126. The monoisotopic (exact) mass is 826 g/mol. The van der Waals surface area contributed by atoms with Crippen LogP contribution < -0.4 is 14.5 Å². The second kappa shape index (κ2) is 17.7. The summed E-state index contributed by atoms with van der Waals surface area (Å²) in [6.45, 7) is 3.24. The summed E-state index contributed by atoms with van der Waals surface area (Å²) in [7, 11) is -7.83. The molecule has 298 valence electrons. The first kappa shape index (κ1) is 41.0. The number of hydrogen-bond acceptors (Lipinski definition) is 8. The van der Waals surface area contributed by atoms with Crippen LogP contribution in [0.15, 0.2) is 52.3 Å². The van der Waals surface area contributed by atoms with Gasteiger partial charge in [0, 0.05) is 38.3 Å². The Bertz CT molecular complexity index is 1870. The van der Waals surface area contributed by atoms with Gasteiger partial charge in [0.25, 0.3) is 10.0 Å². The predicted molar refractivity (Wildman–Crippen MR) is 209 cm³/mol. The van der Waals surface area contributed by atoms with Gasteiger partial charge in [0.1, 0.15) is 4.90 Å². The molecule has 0 amide bonds. The fourth-order valence-electron chi connectivity index (χ4n) is 8.90. The molecule has 4 atom stereocenters. The number of halogens is 2. The second-order valence-corrected chi connectivity index (χ2v) is 20.1. The molecule has 4 aliphatic rings. The topological polar surface area (TPSA) is 165 Å². The molecule has 12 nitrogen and oxygen atoms in total. The van der Waals surface area contributed by atoms with Gasteiger partial charge in [-0.3, -0.25) is 9.59 Å². The number of rotatable bonds is 15. The van der Waals surface area contributed by atoms with E-state index in [1.165, 1.54) is 12.5 Å². The van der Waals surface area contributed by atoms with Crippen molar-refractivity contribution in [1.82, 2.24) is 8.55 Å². The van der Waals surface area contributed by atoms with Crippen LogP contribution in [-0.4, -0.2) is 81.1 Å². The van der Waals surface area contributed by atoms with E-state index in [4.69, 9.17) is 23.4 Å². The smallest absolute Gasteiger partial charge is 0.306 e. The summed E-state index contributed by atoms with van der Waals surface area (Å²) in [5.41, 5.74) is 1.48. The highest BCUT2D eigenvalue weighted by Gasteiger charge is 2.40. The number of sulfonamides is 2. The number of carboxylic acid groups (broad SMARTS) is 2. The molecule has 2 aliphatic carbocycles. The zero-order valence-electron chi connectivity index (χ0n) is 30.5. The lowest BCUT2D eigenvalue weighted by Gasteiger charge is -2.35. The molecular formula is C38H52Cl2N4O8S2. The van der Waals surface area contributed by atoms with E-state index < -0.39 is 55.9 Å². The maximum Gasteiger partial charge on any atom is 0.306 e. The van der Waals surface area contributed by atoms with Crippen LogP contribution in [0.1, 0.15) is 89.9 Å². The summed E-state index contributed by atoms with van der Waals surface area (Å²) >= 11 is 13.0. The Morgan fingerprint density at radius 1 is 0.741 bits per heavy atom. The molecule has 2 aromatic rings. The van der Waals surface area contributed by atoms with E-state index in [9.17, 15) is 36.6 Å². The van der Waals surface area contributed by atoms with E-state index in [0.29, 0.717) is 48.2 Å². The number of piperidine rings is 2. The van der Waals surface area contributed by atoms with Gasteiger partial charge in [-0.25, -0.2) is 21.6 Å². The van der Waals surface area contributed by atoms with Crippen molar-refractivity contribution < 1.29 is 36.6 Å². The molecule has 4 fully saturated rings. The Hall–Kier alpha value is -2.62. The van der Waals surface area contributed by atoms with Crippen LogP contribution in [0.25, 0.3) is 0 Å². The molecule has 54 heavy (non-hydrogen) atoms. The molecule has 2 aliphatic heterocycles. The van der Waals surface area contributed by atoms with Crippen molar-refractivity contribution in [3.8, 4) is 0 Å². The lowest BCUT2D eigenvalue weighted by molar-refractivity contribution is -0.142. The van der Waals surface area contributed by atoms with Gasteiger partial charge in [0.05, 0.1) is 33.1 Å². The Morgan fingerprint density at radius 3 is 1.85 bits per heavy atom. The molecule has 0 radical (unpaired) electrons. The minimum absolute atomic E-state index is 0.0872. The largest absolute Gasteiger partial charge is 0.481 e. The predicted octanol–water partition coefficient (Wildman–Crippen LogP) is 6.96. The van der Waals surface area contributed by atoms with Crippen molar-refractivity contribution in [2.45, 2.75) is 112 Å². The van der Waals surface area contributed by atoms with Crippen LogP contribution >= 0.6 is 23.4 Å². The summed E-state index contributed by atoms with van der Waals surface area (Å²) in [5.74, 6) is -1.68. The number of nitrogens with one attached hydrogen (secondary N) is 1. The van der Waals surface area contributed by atoms with Gasteiger partial charge in [-0.1, -0.05) is 49.4 Å². The summed E-state index contributed by atoms with van der Waals surface area (Å²) in [4.78, 5) is 27.3. The number of nitrogens with zero attached hydrogens (tertiary/aromatic N) is 3. The lowest BCUT2D eigenvalue weighted by atomic mass is 9.88. The molecule has 2 heterocycles. The number of benzene rings is 2. The highest BCUT2D eigenvalue weighted by molar-refractivity contribution is 7.90. The number of carboxylic acids is 2. The first-order valence-corrected chi connectivity index (χ1v) is 22.9. The molecule has 2 aromatic carbocycles. The van der Waals surface area contributed by atoms with E-state index in [0.717, 1.165) is 80.6 Å². The van der Waals surface area contributed by atoms with Gasteiger partial charge in [0.15, 0.2) is 0 Å². The third-order valence-corrected chi connectivity index (χ3v) is 16.4. The lowest BCUT2D eigenvalue weighted by Crippen LogP contribution is -2.36. The highest BCUT2D eigenvalue weighted by Crippen LogP contribution is 2.39. The van der Waals surface area contributed by atoms with Crippen molar-refractivity contribution in [2.24, 2.45) is 23.7 Å². The van der Waals surface area contributed by atoms with Gasteiger partial charge in [0.2, 0.25) is 10.0 Å². The number of aliphatic carboxylic acids is 2. The van der Waals surface area contributed by atoms with Crippen LogP contribution in [0.3, 0.4) is 0 Å². The van der Waals surface area contributed by atoms with E-state index in [-0.39, 0.29) is 22.6 Å². The Morgan fingerprint density at radius 2 is 1.30 bits per heavy atom. The molecule has 2 saturated heterocycles. The maximum atomic E-state index is 13.6. The summed E-state index contributed by atoms with van der Waals surface area (Å²) in [6.07, 6.45) is 11.0. The highest BCUT2D eigenvalue weighted by atomic mass is 35.5. The third-order valence-electron chi connectivity index (χ3n) is 12.1. The zero-order chi connectivity index (χ0) is 38.6. The zero-order valence-corrected chi connectivity index (χ0v) is 33.6. The first-order chi connectivity index (χ1) is 25.7. The SMILES string of the molecule is O=C(O)C1CCC(NS(=O)(=O)c2ccc(N3CCC(CCCCC4CCN(c5ccccc5S(=O)(=O)N(Cl)C5CCC(C(=O)O)C5)CC4)CC3)c(Cl)c2)C1. The Labute approximate surface area is 329 Å². The maximum absolute atomic E-state index is 13.6. The van der Waals surface area contributed by atoms with E-state index in [2.05, 4.69) is 14.5 Å². The molecule has 16 heteroatoms.